The van der Waals surface area contributed by atoms with Gasteiger partial charge in [0.25, 0.3) is 5.91 Å². The Labute approximate surface area is 175 Å². The van der Waals surface area contributed by atoms with E-state index in [2.05, 4.69) is 14.8 Å². The molecular formula is C22H25NO7. The minimum Gasteiger partial charge on any atom is -0.491 e. The van der Waals surface area contributed by atoms with Crippen molar-refractivity contribution in [3.05, 3.63) is 58.7 Å². The number of carbonyl (C=O) groups excluding carboxylic acids is 3. The number of amides is 1. The van der Waals surface area contributed by atoms with Crippen LogP contribution in [0.2, 0.25) is 0 Å². The number of rotatable bonds is 9. The van der Waals surface area contributed by atoms with Crippen molar-refractivity contribution in [3.63, 3.8) is 0 Å². The highest BCUT2D eigenvalue weighted by Crippen LogP contribution is 2.19. The standard InChI is InChI=1S/C22H25NO7/c1-14-5-6-19(15(2)9-14)29-8-7-23-20(24)13-30-18-11-16(21(25)27-3)10-17(12-18)22(26)28-4/h5-6,9-12H,7-8,13H2,1-4H3,(H,23,24). The van der Waals surface area contributed by atoms with Crippen LogP contribution in [0.3, 0.4) is 0 Å². The van der Waals surface area contributed by atoms with E-state index in [9.17, 15) is 14.4 Å². The Morgan fingerprint density at radius 1 is 0.867 bits per heavy atom. The summed E-state index contributed by atoms with van der Waals surface area (Å²) in [6, 6.07) is 9.97. The average molecular weight is 415 g/mol. The summed E-state index contributed by atoms with van der Waals surface area (Å²) in [6.07, 6.45) is 0. The molecule has 0 saturated heterocycles. The predicted molar refractivity (Wildman–Crippen MR) is 109 cm³/mol. The molecule has 8 nitrogen and oxygen atoms in total. The summed E-state index contributed by atoms with van der Waals surface area (Å²) in [7, 11) is 2.45. The molecule has 8 heteroatoms. The summed E-state index contributed by atoms with van der Waals surface area (Å²) in [4.78, 5) is 35.6. The maximum absolute atomic E-state index is 12.0. The van der Waals surface area contributed by atoms with E-state index in [4.69, 9.17) is 9.47 Å². The maximum Gasteiger partial charge on any atom is 0.338 e. The molecule has 0 aliphatic heterocycles. The number of nitrogens with one attached hydrogen (secondary N) is 1. The zero-order chi connectivity index (χ0) is 22.1. The third-order valence-electron chi connectivity index (χ3n) is 4.13. The molecule has 0 radical (unpaired) electrons. The van der Waals surface area contributed by atoms with Crippen molar-refractivity contribution >= 4 is 17.8 Å². The number of methoxy groups -OCH3 is 2. The zero-order valence-corrected chi connectivity index (χ0v) is 17.4. The van der Waals surface area contributed by atoms with Crippen molar-refractivity contribution in [2.45, 2.75) is 13.8 Å². The van der Waals surface area contributed by atoms with Crippen LogP contribution >= 0.6 is 0 Å². The van der Waals surface area contributed by atoms with Gasteiger partial charge in [-0.25, -0.2) is 9.59 Å². The third-order valence-corrected chi connectivity index (χ3v) is 4.13. The summed E-state index contributed by atoms with van der Waals surface area (Å²) in [5.74, 6) is -0.722. The Hall–Kier alpha value is -3.55. The molecule has 2 aromatic rings. The van der Waals surface area contributed by atoms with E-state index in [1.807, 2.05) is 32.0 Å². The fourth-order valence-electron chi connectivity index (χ4n) is 2.67. The molecule has 0 aliphatic rings. The summed E-state index contributed by atoms with van der Waals surface area (Å²) >= 11 is 0. The van der Waals surface area contributed by atoms with Crippen LogP contribution in [0.25, 0.3) is 0 Å². The molecule has 0 atom stereocenters. The molecule has 0 bridgehead atoms. The first kappa shape index (κ1) is 22.7. The molecule has 0 aliphatic carbocycles. The molecule has 0 spiro atoms. The lowest BCUT2D eigenvalue weighted by molar-refractivity contribution is -0.123. The Morgan fingerprint density at radius 2 is 1.50 bits per heavy atom. The lowest BCUT2D eigenvalue weighted by Crippen LogP contribution is -2.32. The van der Waals surface area contributed by atoms with Crippen LogP contribution in [0.1, 0.15) is 31.8 Å². The second-order valence-electron chi connectivity index (χ2n) is 6.49. The van der Waals surface area contributed by atoms with Gasteiger partial charge in [-0.05, 0) is 43.7 Å². The largest absolute Gasteiger partial charge is 0.491 e. The van der Waals surface area contributed by atoms with Crippen molar-refractivity contribution in [2.75, 3.05) is 34.0 Å². The molecule has 2 aromatic carbocycles. The first-order valence-electron chi connectivity index (χ1n) is 9.25. The number of hydrogen-bond donors (Lipinski definition) is 1. The van der Waals surface area contributed by atoms with Gasteiger partial charge in [-0.1, -0.05) is 17.7 Å². The lowest BCUT2D eigenvalue weighted by atomic mass is 10.1. The third kappa shape index (κ3) is 6.51. The minimum atomic E-state index is -0.640. The number of hydrogen-bond acceptors (Lipinski definition) is 7. The monoisotopic (exact) mass is 415 g/mol. The van der Waals surface area contributed by atoms with E-state index in [1.165, 1.54) is 32.4 Å². The number of carbonyl (C=O) groups is 3. The van der Waals surface area contributed by atoms with Gasteiger partial charge >= 0.3 is 11.9 Å². The highest BCUT2D eigenvalue weighted by Gasteiger charge is 2.15. The Morgan fingerprint density at radius 3 is 2.07 bits per heavy atom. The summed E-state index contributed by atoms with van der Waals surface area (Å²) in [6.45, 7) is 4.27. The normalized spacial score (nSPS) is 10.1. The van der Waals surface area contributed by atoms with Gasteiger partial charge < -0.3 is 24.3 Å². The van der Waals surface area contributed by atoms with Gasteiger partial charge in [0.2, 0.25) is 0 Å². The second-order valence-corrected chi connectivity index (χ2v) is 6.49. The Balaban J connectivity index is 1.87. The number of ether oxygens (including phenoxy) is 4. The van der Waals surface area contributed by atoms with Crippen LogP contribution in [0.5, 0.6) is 11.5 Å². The van der Waals surface area contributed by atoms with Crippen molar-refractivity contribution in [3.8, 4) is 11.5 Å². The van der Waals surface area contributed by atoms with E-state index >= 15 is 0 Å². The van der Waals surface area contributed by atoms with Gasteiger partial charge in [0.05, 0.1) is 31.9 Å². The molecule has 0 fully saturated rings. The van der Waals surface area contributed by atoms with Crippen LogP contribution in [0, 0.1) is 13.8 Å². The molecule has 0 aromatic heterocycles. The quantitative estimate of drug-likeness (QED) is 0.496. The average Bonchev–Trinajstić information content (AvgIpc) is 2.75. The molecular weight excluding hydrogens is 390 g/mol. The first-order chi connectivity index (χ1) is 14.3. The molecule has 1 amide bonds. The van der Waals surface area contributed by atoms with Crippen LogP contribution < -0.4 is 14.8 Å². The van der Waals surface area contributed by atoms with E-state index in [0.717, 1.165) is 16.9 Å². The predicted octanol–water partition coefficient (Wildman–Crippen LogP) is 2.45. The molecule has 1 N–H and O–H groups in total. The lowest BCUT2D eigenvalue weighted by Gasteiger charge is -2.12. The minimum absolute atomic E-state index is 0.109. The van der Waals surface area contributed by atoms with Crippen molar-refractivity contribution in [1.29, 1.82) is 0 Å². The summed E-state index contributed by atoms with van der Waals surface area (Å²) < 4.78 is 20.4. The summed E-state index contributed by atoms with van der Waals surface area (Å²) in [5, 5.41) is 2.68. The highest BCUT2D eigenvalue weighted by atomic mass is 16.5. The summed E-state index contributed by atoms with van der Waals surface area (Å²) in [5.41, 5.74) is 2.39. The Kier molecular flexibility index (Phi) is 8.22. The van der Waals surface area contributed by atoms with E-state index < -0.39 is 11.9 Å². The van der Waals surface area contributed by atoms with Gasteiger partial charge in [-0.15, -0.1) is 0 Å². The molecule has 0 saturated carbocycles. The van der Waals surface area contributed by atoms with Crippen LogP contribution in [0.15, 0.2) is 36.4 Å². The van der Waals surface area contributed by atoms with Gasteiger partial charge in [0, 0.05) is 0 Å². The van der Waals surface area contributed by atoms with Gasteiger partial charge in [-0.3, -0.25) is 4.79 Å². The van der Waals surface area contributed by atoms with Gasteiger partial charge in [0.1, 0.15) is 18.1 Å². The Bertz CT molecular complexity index is 889. The fourth-order valence-corrected chi connectivity index (χ4v) is 2.67. The molecule has 0 unspecified atom stereocenters. The molecule has 0 heterocycles. The number of benzene rings is 2. The topological polar surface area (TPSA) is 100 Å². The molecule has 160 valence electrons. The van der Waals surface area contributed by atoms with E-state index in [-0.39, 0.29) is 29.4 Å². The van der Waals surface area contributed by atoms with Gasteiger partial charge in [0.15, 0.2) is 6.61 Å². The molecule has 2 rings (SSSR count). The first-order valence-corrected chi connectivity index (χ1v) is 9.25. The second kappa shape index (κ2) is 10.8. The fraction of sp³-hybridized carbons (Fsp3) is 0.318. The number of esters is 2. The van der Waals surface area contributed by atoms with Crippen LogP contribution in [-0.2, 0) is 14.3 Å². The smallest absolute Gasteiger partial charge is 0.338 e. The van der Waals surface area contributed by atoms with Gasteiger partial charge in [-0.2, -0.15) is 0 Å². The maximum atomic E-state index is 12.0. The van der Waals surface area contributed by atoms with Crippen molar-refractivity contribution in [2.24, 2.45) is 0 Å². The SMILES string of the molecule is COC(=O)c1cc(OCC(=O)NCCOc2ccc(C)cc2C)cc(C(=O)OC)c1. The zero-order valence-electron chi connectivity index (χ0n) is 17.4. The number of aryl methyl sites for hydroxylation is 2. The molecule has 30 heavy (non-hydrogen) atoms. The van der Waals surface area contributed by atoms with Crippen molar-refractivity contribution in [1.82, 2.24) is 5.32 Å². The highest BCUT2D eigenvalue weighted by molar-refractivity contribution is 5.96. The van der Waals surface area contributed by atoms with Crippen molar-refractivity contribution < 1.29 is 33.3 Å². The van der Waals surface area contributed by atoms with E-state index in [0.29, 0.717) is 13.2 Å². The van der Waals surface area contributed by atoms with Crippen LogP contribution in [0.4, 0.5) is 0 Å². The van der Waals surface area contributed by atoms with Crippen LogP contribution in [-0.4, -0.2) is 51.8 Å². The van der Waals surface area contributed by atoms with E-state index in [1.54, 1.807) is 0 Å².